The number of nitrogens with zero attached hydrogens (tertiary/aromatic N) is 5. The van der Waals surface area contributed by atoms with Crippen molar-refractivity contribution in [1.29, 1.82) is 5.26 Å². The second kappa shape index (κ2) is 9.15. The molecule has 4 aromatic rings. The van der Waals surface area contributed by atoms with Gasteiger partial charge in [-0.3, -0.25) is 4.98 Å². The second-order valence-electron chi connectivity index (χ2n) is 7.72. The van der Waals surface area contributed by atoms with Gasteiger partial charge in [-0.1, -0.05) is 0 Å². The molecule has 11 heteroatoms. The van der Waals surface area contributed by atoms with E-state index >= 15 is 8.78 Å². The van der Waals surface area contributed by atoms with Crippen LogP contribution in [0.3, 0.4) is 0 Å². The molecule has 0 spiro atoms. The molecule has 4 rings (SSSR count). The third-order valence-electron chi connectivity index (χ3n) is 5.37. The van der Waals surface area contributed by atoms with Crippen molar-refractivity contribution in [2.24, 2.45) is 0 Å². The van der Waals surface area contributed by atoms with Gasteiger partial charge in [0.05, 0.1) is 24.4 Å². The van der Waals surface area contributed by atoms with E-state index < -0.39 is 41.0 Å². The first kappa shape index (κ1) is 23.8. The Kier molecular flexibility index (Phi) is 6.24. The van der Waals surface area contributed by atoms with E-state index in [-0.39, 0.29) is 5.75 Å². The lowest BCUT2D eigenvalue weighted by Crippen LogP contribution is -2.48. The molecule has 35 heavy (non-hydrogen) atoms. The average molecular weight is 483 g/mol. The number of aryl methyl sites for hydroxylation is 1. The predicted molar refractivity (Wildman–Crippen MR) is 114 cm³/mol. The third-order valence-corrected chi connectivity index (χ3v) is 5.37. The lowest BCUT2D eigenvalue weighted by molar-refractivity contribution is -0.207. The summed E-state index contributed by atoms with van der Waals surface area (Å²) in [4.78, 5) is 7.39. The fourth-order valence-corrected chi connectivity index (χ4v) is 3.53. The van der Waals surface area contributed by atoms with Gasteiger partial charge in [-0.25, -0.2) is 18.4 Å². The highest BCUT2D eigenvalue weighted by atomic mass is 19.3. The number of benzene rings is 2. The number of ether oxygens (including phenoxy) is 1. The Morgan fingerprint density at radius 3 is 2.46 bits per heavy atom. The number of hydrogen-bond donors (Lipinski definition) is 1. The van der Waals surface area contributed by atoms with E-state index in [1.807, 2.05) is 6.07 Å². The van der Waals surface area contributed by atoms with Gasteiger partial charge in [-0.2, -0.15) is 19.1 Å². The molecule has 1 unspecified atom stereocenters. The number of hydrogen-bond acceptors (Lipinski definition) is 6. The Balaban J connectivity index is 1.69. The van der Waals surface area contributed by atoms with E-state index in [0.717, 1.165) is 41.7 Å². The monoisotopic (exact) mass is 483 g/mol. The molecular formula is C24H17F4N5O2. The molecule has 1 atom stereocenters. The smallest absolute Gasteiger partial charge is 0.323 e. The molecule has 0 bridgehead atoms. The van der Waals surface area contributed by atoms with E-state index in [2.05, 4.69) is 15.1 Å². The average Bonchev–Trinajstić information content (AvgIpc) is 3.32. The summed E-state index contributed by atoms with van der Waals surface area (Å²) < 4.78 is 66.0. The molecule has 0 aliphatic heterocycles. The van der Waals surface area contributed by atoms with Crippen molar-refractivity contribution < 1.29 is 27.4 Å². The number of pyridine rings is 1. The lowest BCUT2D eigenvalue weighted by Gasteiger charge is -2.36. The molecule has 1 N–H and O–H groups in total. The van der Waals surface area contributed by atoms with E-state index in [0.29, 0.717) is 22.9 Å². The van der Waals surface area contributed by atoms with Crippen LogP contribution in [0, 0.1) is 29.9 Å². The fraction of sp³-hybridized carbons (Fsp3) is 0.167. The second-order valence-corrected chi connectivity index (χ2v) is 7.72. The van der Waals surface area contributed by atoms with Crippen molar-refractivity contribution >= 4 is 0 Å². The highest BCUT2D eigenvalue weighted by Gasteiger charge is 2.57. The quantitative estimate of drug-likeness (QED) is 0.386. The van der Waals surface area contributed by atoms with Crippen LogP contribution in [0.4, 0.5) is 17.6 Å². The summed E-state index contributed by atoms with van der Waals surface area (Å²) in [6.07, 6.45) is 3.16. The minimum atomic E-state index is -4.15. The highest BCUT2D eigenvalue weighted by Crippen LogP contribution is 2.47. The third kappa shape index (κ3) is 4.56. The van der Waals surface area contributed by atoms with Gasteiger partial charge in [-0.05, 0) is 55.0 Å². The van der Waals surface area contributed by atoms with Crippen molar-refractivity contribution in [1.82, 2.24) is 19.7 Å². The molecule has 0 aliphatic rings. The van der Waals surface area contributed by atoms with Gasteiger partial charge in [0.2, 0.25) is 0 Å². The van der Waals surface area contributed by atoms with Gasteiger partial charge in [0.15, 0.2) is 5.60 Å². The SMILES string of the molecule is Cc1cc(Oc2ccc(C(F)(F)C(O)(Cn3cncn3)c3ccc(F)cc3F)nc2)ccc1C#N. The predicted octanol–water partition coefficient (Wildman–Crippen LogP) is 4.60. The maximum Gasteiger partial charge on any atom is 0.323 e. The van der Waals surface area contributed by atoms with E-state index in [1.165, 1.54) is 6.07 Å². The Labute approximate surface area is 196 Å². The zero-order valence-corrected chi connectivity index (χ0v) is 18.2. The molecule has 0 saturated carbocycles. The van der Waals surface area contributed by atoms with Crippen LogP contribution in [0.5, 0.6) is 11.5 Å². The van der Waals surface area contributed by atoms with E-state index in [4.69, 9.17) is 10.00 Å². The van der Waals surface area contributed by atoms with Crippen molar-refractivity contribution in [3.8, 4) is 17.6 Å². The van der Waals surface area contributed by atoms with Gasteiger partial charge >= 0.3 is 5.92 Å². The maximum absolute atomic E-state index is 15.8. The minimum Gasteiger partial charge on any atom is -0.456 e. The molecule has 0 fully saturated rings. The van der Waals surface area contributed by atoms with E-state index in [9.17, 15) is 13.9 Å². The molecule has 2 aromatic heterocycles. The summed E-state index contributed by atoms with van der Waals surface area (Å²) in [5.41, 5.74) is -3.79. The zero-order chi connectivity index (χ0) is 25.2. The van der Waals surface area contributed by atoms with Crippen LogP contribution in [0.1, 0.15) is 22.4 Å². The zero-order valence-electron chi connectivity index (χ0n) is 18.2. The summed E-state index contributed by atoms with van der Waals surface area (Å²) in [7, 11) is 0. The highest BCUT2D eigenvalue weighted by molar-refractivity contribution is 5.43. The van der Waals surface area contributed by atoms with Crippen LogP contribution in [0.2, 0.25) is 0 Å². The first-order valence-electron chi connectivity index (χ1n) is 10.2. The standard InChI is InChI=1S/C24H17F4N5O2/c1-15-8-18(4-2-16(15)10-29)35-19-5-7-22(31-11-19)24(27,28)23(34,12-33-14-30-13-32-33)20-6-3-17(25)9-21(20)26/h2-9,11,13-14,34H,12H2,1H3. The van der Waals surface area contributed by atoms with Crippen LogP contribution >= 0.6 is 0 Å². The molecule has 2 heterocycles. The Bertz CT molecular complexity index is 1390. The number of aromatic nitrogens is 4. The molecule has 0 amide bonds. The molecule has 0 radical (unpaired) electrons. The van der Waals surface area contributed by atoms with Gasteiger partial charge in [0, 0.05) is 11.6 Å². The molecule has 0 saturated heterocycles. The number of nitriles is 1. The Morgan fingerprint density at radius 2 is 1.86 bits per heavy atom. The summed E-state index contributed by atoms with van der Waals surface area (Å²) in [5.74, 6) is -6.03. The summed E-state index contributed by atoms with van der Waals surface area (Å²) >= 11 is 0. The summed E-state index contributed by atoms with van der Waals surface area (Å²) in [6.45, 7) is 0.824. The molecule has 2 aromatic carbocycles. The van der Waals surface area contributed by atoms with Crippen molar-refractivity contribution in [2.75, 3.05) is 0 Å². The first-order chi connectivity index (χ1) is 16.6. The summed E-state index contributed by atoms with van der Waals surface area (Å²) in [5, 5.41) is 23.9. The van der Waals surface area contributed by atoms with E-state index in [1.54, 1.807) is 25.1 Å². The van der Waals surface area contributed by atoms with Crippen molar-refractivity contribution in [3.05, 3.63) is 101 Å². The Hall–Kier alpha value is -4.30. The Morgan fingerprint density at radius 1 is 1.09 bits per heavy atom. The van der Waals surface area contributed by atoms with Crippen molar-refractivity contribution in [3.63, 3.8) is 0 Å². The molecule has 178 valence electrons. The van der Waals surface area contributed by atoms with Crippen LogP contribution in [-0.2, 0) is 18.1 Å². The summed E-state index contributed by atoms with van der Waals surface area (Å²) in [6, 6.07) is 10.8. The van der Waals surface area contributed by atoms with Gasteiger partial charge in [-0.15, -0.1) is 0 Å². The maximum atomic E-state index is 15.8. The van der Waals surface area contributed by atoms with Crippen LogP contribution < -0.4 is 4.74 Å². The van der Waals surface area contributed by atoms with Crippen LogP contribution in [0.25, 0.3) is 0 Å². The minimum absolute atomic E-state index is 0.112. The number of rotatable bonds is 7. The molecular weight excluding hydrogens is 466 g/mol. The largest absolute Gasteiger partial charge is 0.456 e. The number of alkyl halides is 2. The first-order valence-corrected chi connectivity index (χ1v) is 10.2. The normalized spacial score (nSPS) is 13.2. The molecule has 7 nitrogen and oxygen atoms in total. The van der Waals surface area contributed by atoms with Gasteiger partial charge in [0.25, 0.3) is 0 Å². The van der Waals surface area contributed by atoms with Gasteiger partial charge < -0.3 is 9.84 Å². The lowest BCUT2D eigenvalue weighted by atomic mass is 9.84. The molecule has 0 aliphatic carbocycles. The fourth-order valence-electron chi connectivity index (χ4n) is 3.53. The van der Waals surface area contributed by atoms with Crippen LogP contribution in [-0.4, -0.2) is 24.9 Å². The topological polar surface area (TPSA) is 96.8 Å². The van der Waals surface area contributed by atoms with Crippen LogP contribution in [0.15, 0.2) is 67.4 Å². The van der Waals surface area contributed by atoms with Gasteiger partial charge in [0.1, 0.15) is 41.5 Å². The number of halogens is 4. The van der Waals surface area contributed by atoms with Crippen molar-refractivity contribution in [2.45, 2.75) is 25.0 Å². The number of aliphatic hydroxyl groups is 1.